The van der Waals surface area contributed by atoms with Crippen LogP contribution in [-0.4, -0.2) is 46.1 Å². The molecular formula is C17H23FO5. The van der Waals surface area contributed by atoms with E-state index in [0.717, 1.165) is 17.5 Å². The minimum Gasteiger partial charge on any atom is -0.467 e. The van der Waals surface area contributed by atoms with Gasteiger partial charge >= 0.3 is 0 Å². The monoisotopic (exact) mass is 326 g/mol. The van der Waals surface area contributed by atoms with Gasteiger partial charge < -0.3 is 23.7 Å². The zero-order chi connectivity index (χ0) is 16.1. The summed E-state index contributed by atoms with van der Waals surface area (Å²) in [7, 11) is 1.61. The van der Waals surface area contributed by atoms with Crippen molar-refractivity contribution in [1.29, 1.82) is 0 Å². The lowest BCUT2D eigenvalue weighted by Crippen LogP contribution is -2.30. The summed E-state index contributed by atoms with van der Waals surface area (Å²) in [4.78, 5) is 0. The average molecular weight is 326 g/mol. The highest BCUT2D eigenvalue weighted by molar-refractivity contribution is 5.38. The molecule has 128 valence electrons. The molecule has 1 aliphatic heterocycles. The first-order chi connectivity index (χ1) is 11.2. The smallest absolute Gasteiger partial charge is 0.189 e. The van der Waals surface area contributed by atoms with Crippen LogP contribution in [0.2, 0.25) is 0 Å². The molecule has 1 heterocycles. The number of aryl methyl sites for hydroxylation is 1. The summed E-state index contributed by atoms with van der Waals surface area (Å²) in [5.41, 5.74) is 1.71. The maximum absolute atomic E-state index is 14.4. The first-order valence-corrected chi connectivity index (χ1v) is 8.01. The molecule has 0 radical (unpaired) electrons. The maximum atomic E-state index is 14.4. The van der Waals surface area contributed by atoms with Crippen molar-refractivity contribution < 1.29 is 28.1 Å². The van der Waals surface area contributed by atoms with Crippen molar-refractivity contribution in [2.45, 2.75) is 31.5 Å². The summed E-state index contributed by atoms with van der Waals surface area (Å²) in [6.07, 6.45) is 2.77. The van der Waals surface area contributed by atoms with Crippen LogP contribution in [0.3, 0.4) is 0 Å². The van der Waals surface area contributed by atoms with Gasteiger partial charge in [0.2, 0.25) is 0 Å². The van der Waals surface area contributed by atoms with Gasteiger partial charge in [-0.1, -0.05) is 0 Å². The summed E-state index contributed by atoms with van der Waals surface area (Å²) in [5, 5.41) is 0. The Labute approximate surface area is 135 Å². The van der Waals surface area contributed by atoms with Crippen LogP contribution in [0, 0.1) is 5.82 Å². The topological polar surface area (TPSA) is 46.2 Å². The Morgan fingerprint density at radius 3 is 2.70 bits per heavy atom. The highest BCUT2D eigenvalue weighted by atomic mass is 19.1. The molecule has 0 aromatic heterocycles. The second-order valence-corrected chi connectivity index (χ2v) is 5.81. The minimum atomic E-state index is -0.532. The molecule has 23 heavy (non-hydrogen) atoms. The van der Waals surface area contributed by atoms with Gasteiger partial charge in [0.15, 0.2) is 12.6 Å². The first kappa shape index (κ1) is 16.6. The fourth-order valence-electron chi connectivity index (χ4n) is 3.11. The van der Waals surface area contributed by atoms with Crippen molar-refractivity contribution in [3.8, 4) is 5.75 Å². The Balaban J connectivity index is 1.64. The molecule has 0 amide bonds. The fourth-order valence-corrected chi connectivity index (χ4v) is 3.11. The zero-order valence-electron chi connectivity index (χ0n) is 13.4. The maximum Gasteiger partial charge on any atom is 0.189 e. The molecule has 5 nitrogen and oxygen atoms in total. The molecule has 0 atom stereocenters. The van der Waals surface area contributed by atoms with E-state index in [2.05, 4.69) is 0 Å². The number of fused-ring (bicyclic) bond motifs is 1. The number of ether oxygens (including phenoxy) is 5. The lowest BCUT2D eigenvalue weighted by atomic mass is 10.0. The van der Waals surface area contributed by atoms with Crippen LogP contribution in [0.25, 0.3) is 0 Å². The van der Waals surface area contributed by atoms with Crippen molar-refractivity contribution in [2.75, 3.05) is 40.3 Å². The van der Waals surface area contributed by atoms with Crippen molar-refractivity contribution in [3.63, 3.8) is 0 Å². The van der Waals surface area contributed by atoms with Gasteiger partial charge in [-0.05, 0) is 30.0 Å². The molecule has 1 aromatic carbocycles. The Kier molecular flexibility index (Phi) is 5.48. The molecule has 0 saturated carbocycles. The van der Waals surface area contributed by atoms with Gasteiger partial charge in [-0.3, -0.25) is 0 Å². The quantitative estimate of drug-likeness (QED) is 0.593. The number of benzene rings is 1. The largest absolute Gasteiger partial charge is 0.467 e. The number of methoxy groups -OCH3 is 1. The van der Waals surface area contributed by atoms with Crippen LogP contribution in [0.1, 0.15) is 24.0 Å². The molecule has 1 spiro atoms. The predicted molar refractivity (Wildman–Crippen MR) is 81.0 cm³/mol. The van der Waals surface area contributed by atoms with Crippen molar-refractivity contribution in [2.24, 2.45) is 0 Å². The molecule has 3 rings (SSSR count). The second-order valence-electron chi connectivity index (χ2n) is 5.81. The average Bonchev–Trinajstić information content (AvgIpc) is 2.92. The van der Waals surface area contributed by atoms with Crippen molar-refractivity contribution in [3.05, 3.63) is 29.1 Å². The predicted octanol–water partition coefficient (Wildman–Crippen LogP) is 2.45. The summed E-state index contributed by atoms with van der Waals surface area (Å²) >= 11 is 0. The van der Waals surface area contributed by atoms with Crippen molar-refractivity contribution >= 4 is 0 Å². The standard InChI is InChI=1S/C17H23FO5/c1-19-6-7-20-12-21-14-10-13-2-4-17(22-8-9-23-17)5-3-15(13)16(18)11-14/h10-11H,2-9,12H2,1H3. The van der Waals surface area contributed by atoms with Crippen LogP contribution in [0.4, 0.5) is 4.39 Å². The van der Waals surface area contributed by atoms with E-state index in [4.69, 9.17) is 23.7 Å². The summed E-state index contributed by atoms with van der Waals surface area (Å²) in [6, 6.07) is 3.32. The zero-order valence-corrected chi connectivity index (χ0v) is 13.4. The molecule has 1 aliphatic carbocycles. The van der Waals surface area contributed by atoms with E-state index in [0.29, 0.717) is 51.4 Å². The number of hydrogen-bond acceptors (Lipinski definition) is 5. The number of halogens is 1. The van der Waals surface area contributed by atoms with E-state index in [-0.39, 0.29) is 12.6 Å². The highest BCUT2D eigenvalue weighted by Crippen LogP contribution is 2.36. The van der Waals surface area contributed by atoms with Crippen LogP contribution in [0.5, 0.6) is 5.75 Å². The first-order valence-electron chi connectivity index (χ1n) is 8.01. The van der Waals surface area contributed by atoms with Crippen LogP contribution < -0.4 is 4.74 Å². The van der Waals surface area contributed by atoms with Crippen molar-refractivity contribution in [1.82, 2.24) is 0 Å². The van der Waals surface area contributed by atoms with Gasteiger partial charge in [0.1, 0.15) is 11.6 Å². The molecule has 1 fully saturated rings. The molecule has 1 aromatic rings. The van der Waals surface area contributed by atoms with Gasteiger partial charge in [-0.25, -0.2) is 4.39 Å². The molecule has 6 heteroatoms. The third kappa shape index (κ3) is 4.01. The third-order valence-corrected chi connectivity index (χ3v) is 4.35. The molecular weight excluding hydrogens is 303 g/mol. The lowest BCUT2D eigenvalue weighted by molar-refractivity contribution is -0.164. The van der Waals surface area contributed by atoms with E-state index in [1.54, 1.807) is 7.11 Å². The second kappa shape index (κ2) is 7.57. The SMILES string of the molecule is COCCOCOc1cc(F)c2c(c1)CCC1(CC2)OCCO1. The van der Waals surface area contributed by atoms with Crippen LogP contribution >= 0.6 is 0 Å². The summed E-state index contributed by atoms with van der Waals surface area (Å²) in [6.45, 7) is 2.26. The molecule has 0 bridgehead atoms. The Morgan fingerprint density at radius 2 is 1.91 bits per heavy atom. The van der Waals surface area contributed by atoms with Gasteiger partial charge in [0.25, 0.3) is 0 Å². The van der Waals surface area contributed by atoms with E-state index in [1.807, 2.05) is 6.07 Å². The Bertz CT molecular complexity index is 528. The molecule has 1 saturated heterocycles. The van der Waals surface area contributed by atoms with Gasteiger partial charge in [0, 0.05) is 26.0 Å². The van der Waals surface area contributed by atoms with Gasteiger partial charge in [-0.2, -0.15) is 0 Å². The third-order valence-electron chi connectivity index (χ3n) is 4.35. The molecule has 0 N–H and O–H groups in total. The number of hydrogen-bond donors (Lipinski definition) is 0. The van der Waals surface area contributed by atoms with E-state index >= 15 is 0 Å². The van der Waals surface area contributed by atoms with Crippen LogP contribution in [0.15, 0.2) is 12.1 Å². The summed E-state index contributed by atoms with van der Waals surface area (Å²) in [5.74, 6) is -0.275. The van der Waals surface area contributed by atoms with E-state index in [9.17, 15) is 4.39 Å². The minimum absolute atomic E-state index is 0.0811. The van der Waals surface area contributed by atoms with E-state index in [1.165, 1.54) is 6.07 Å². The lowest BCUT2D eigenvalue weighted by Gasteiger charge is -2.25. The Hall–Kier alpha value is -1.21. The van der Waals surface area contributed by atoms with Crippen LogP contribution in [-0.2, 0) is 31.8 Å². The molecule has 2 aliphatic rings. The fraction of sp³-hybridized carbons (Fsp3) is 0.647. The highest BCUT2D eigenvalue weighted by Gasteiger charge is 2.38. The molecule has 0 unspecified atom stereocenters. The van der Waals surface area contributed by atoms with Gasteiger partial charge in [-0.15, -0.1) is 0 Å². The Morgan fingerprint density at radius 1 is 1.13 bits per heavy atom. The summed E-state index contributed by atoms with van der Waals surface area (Å²) < 4.78 is 41.5. The van der Waals surface area contributed by atoms with Gasteiger partial charge in [0.05, 0.1) is 26.4 Å². The van der Waals surface area contributed by atoms with E-state index < -0.39 is 5.79 Å². The normalized spacial score (nSPS) is 19.6. The number of rotatable bonds is 6.